The first-order chi connectivity index (χ1) is 10.2. The fourth-order valence-corrected chi connectivity index (χ4v) is 1.71. The summed E-state index contributed by atoms with van der Waals surface area (Å²) in [6, 6.07) is 1.84. The van der Waals surface area contributed by atoms with Gasteiger partial charge in [0.2, 0.25) is 5.91 Å². The van der Waals surface area contributed by atoms with Gasteiger partial charge >= 0.3 is 0 Å². The Kier molecular flexibility index (Phi) is 8.11. The van der Waals surface area contributed by atoms with Crippen molar-refractivity contribution in [1.82, 2.24) is 15.3 Å². The maximum absolute atomic E-state index is 11.4. The molecule has 0 aliphatic heterocycles. The van der Waals surface area contributed by atoms with Crippen LogP contribution in [0.1, 0.15) is 32.5 Å². The van der Waals surface area contributed by atoms with E-state index in [0.717, 1.165) is 18.8 Å². The van der Waals surface area contributed by atoms with Crippen LogP contribution in [-0.2, 0) is 16.1 Å². The number of amides is 1. The van der Waals surface area contributed by atoms with Crippen molar-refractivity contribution in [3.63, 3.8) is 0 Å². The average Bonchev–Trinajstić information content (AvgIpc) is 2.45. The molecule has 0 aromatic carbocycles. The van der Waals surface area contributed by atoms with Gasteiger partial charge in [-0.05, 0) is 13.3 Å². The number of hydrogen-bond acceptors (Lipinski definition) is 6. The molecule has 21 heavy (non-hydrogen) atoms. The number of anilines is 2. The number of nitrogens with zero attached hydrogens (tertiary/aromatic N) is 2. The number of carbonyl (C=O) groups excluding carboxylic acids is 1. The first kappa shape index (κ1) is 17.2. The number of hydrogen-bond donors (Lipinski definition) is 3. The normalized spacial score (nSPS) is 10.2. The van der Waals surface area contributed by atoms with E-state index in [2.05, 4.69) is 32.8 Å². The maximum atomic E-state index is 11.4. The van der Waals surface area contributed by atoms with Crippen molar-refractivity contribution >= 4 is 17.5 Å². The smallest absolute Gasteiger partial charge is 0.221 e. The lowest BCUT2D eigenvalue weighted by Gasteiger charge is -2.10. The van der Waals surface area contributed by atoms with E-state index < -0.39 is 0 Å². The number of carbonyl (C=O) groups is 1. The molecule has 1 aromatic rings. The van der Waals surface area contributed by atoms with E-state index in [1.807, 2.05) is 13.0 Å². The third kappa shape index (κ3) is 6.89. The van der Waals surface area contributed by atoms with Gasteiger partial charge in [0.15, 0.2) is 5.82 Å². The second-order valence-corrected chi connectivity index (χ2v) is 4.54. The molecule has 0 radical (unpaired) electrons. The Labute approximate surface area is 125 Å². The molecular formula is C14H25N5O2. The molecule has 1 rings (SSSR count). The van der Waals surface area contributed by atoms with E-state index >= 15 is 0 Å². The predicted molar refractivity (Wildman–Crippen MR) is 83.3 cm³/mol. The van der Waals surface area contributed by atoms with Gasteiger partial charge in [0, 0.05) is 39.2 Å². The highest BCUT2D eigenvalue weighted by Crippen LogP contribution is 2.12. The van der Waals surface area contributed by atoms with Gasteiger partial charge in [-0.15, -0.1) is 0 Å². The topological polar surface area (TPSA) is 88.2 Å². The fraction of sp³-hybridized carbons (Fsp3) is 0.643. The minimum atomic E-state index is 0.0282. The summed E-state index contributed by atoms with van der Waals surface area (Å²) >= 11 is 0. The molecule has 3 N–H and O–H groups in total. The molecule has 0 saturated carbocycles. The fourth-order valence-electron chi connectivity index (χ4n) is 1.71. The van der Waals surface area contributed by atoms with Gasteiger partial charge < -0.3 is 20.7 Å². The van der Waals surface area contributed by atoms with E-state index in [-0.39, 0.29) is 5.91 Å². The van der Waals surface area contributed by atoms with Crippen molar-refractivity contribution < 1.29 is 9.53 Å². The molecule has 1 heterocycles. The van der Waals surface area contributed by atoms with Gasteiger partial charge in [0.05, 0.1) is 0 Å². The molecule has 1 aromatic heterocycles. The van der Waals surface area contributed by atoms with Gasteiger partial charge in [0.1, 0.15) is 18.2 Å². The van der Waals surface area contributed by atoms with Crippen LogP contribution in [0.4, 0.5) is 11.6 Å². The Balaban J connectivity index is 2.61. The minimum Gasteiger partial charge on any atom is -0.377 e. The van der Waals surface area contributed by atoms with Crippen molar-refractivity contribution in [2.24, 2.45) is 0 Å². The lowest BCUT2D eigenvalue weighted by atomic mass is 10.3. The zero-order valence-electron chi connectivity index (χ0n) is 13.0. The number of nitrogens with one attached hydrogen (secondary N) is 3. The molecule has 118 valence electrons. The zero-order valence-corrected chi connectivity index (χ0v) is 13.0. The molecule has 7 heteroatoms. The monoisotopic (exact) mass is 295 g/mol. The zero-order chi connectivity index (χ0) is 15.5. The number of aromatic nitrogens is 2. The van der Waals surface area contributed by atoms with Crippen LogP contribution in [0.15, 0.2) is 6.07 Å². The minimum absolute atomic E-state index is 0.0282. The Morgan fingerprint density at radius 2 is 1.86 bits per heavy atom. The molecule has 0 saturated heterocycles. The molecule has 0 aliphatic carbocycles. The van der Waals surface area contributed by atoms with Crippen LogP contribution in [0.3, 0.4) is 0 Å². The Bertz CT molecular complexity index is 439. The third-order valence-electron chi connectivity index (χ3n) is 2.63. The molecule has 1 amide bonds. The summed E-state index contributed by atoms with van der Waals surface area (Å²) in [4.78, 5) is 20.1. The predicted octanol–water partition coefficient (Wildman–Crippen LogP) is 1.38. The van der Waals surface area contributed by atoms with E-state index in [0.29, 0.717) is 37.8 Å². The summed E-state index contributed by atoms with van der Waals surface area (Å²) in [7, 11) is 1.61. The van der Waals surface area contributed by atoms with Gasteiger partial charge in [0.25, 0.3) is 0 Å². The van der Waals surface area contributed by atoms with E-state index in [4.69, 9.17) is 4.74 Å². The Morgan fingerprint density at radius 1 is 1.19 bits per heavy atom. The van der Waals surface area contributed by atoms with E-state index in [9.17, 15) is 4.79 Å². The number of ether oxygens (including phenoxy) is 1. The number of rotatable bonds is 10. The summed E-state index contributed by atoms with van der Waals surface area (Å²) in [5.41, 5.74) is 0. The van der Waals surface area contributed by atoms with Gasteiger partial charge in [-0.1, -0.05) is 6.92 Å². The van der Waals surface area contributed by atoms with Crippen LogP contribution < -0.4 is 16.0 Å². The van der Waals surface area contributed by atoms with Crippen molar-refractivity contribution in [1.29, 1.82) is 0 Å². The van der Waals surface area contributed by atoms with Crippen molar-refractivity contribution in [2.75, 3.05) is 37.4 Å². The molecular weight excluding hydrogens is 270 g/mol. The molecule has 0 atom stereocenters. The average molecular weight is 295 g/mol. The van der Waals surface area contributed by atoms with Gasteiger partial charge in [-0.25, -0.2) is 9.97 Å². The highest BCUT2D eigenvalue weighted by Gasteiger charge is 2.05. The molecule has 0 unspecified atom stereocenters. The van der Waals surface area contributed by atoms with Crippen LogP contribution >= 0.6 is 0 Å². The van der Waals surface area contributed by atoms with Crippen molar-refractivity contribution in [3.8, 4) is 0 Å². The van der Waals surface area contributed by atoms with E-state index in [1.165, 1.54) is 0 Å². The van der Waals surface area contributed by atoms with Crippen molar-refractivity contribution in [3.05, 3.63) is 11.9 Å². The highest BCUT2D eigenvalue weighted by atomic mass is 16.5. The Morgan fingerprint density at radius 3 is 2.43 bits per heavy atom. The SMILES string of the molecule is CCCNc1cc(NCCC(=O)NCC)nc(COC)n1. The van der Waals surface area contributed by atoms with Crippen LogP contribution in [0.25, 0.3) is 0 Å². The molecule has 0 bridgehead atoms. The molecule has 0 aliphatic rings. The van der Waals surface area contributed by atoms with Gasteiger partial charge in [-0.3, -0.25) is 4.79 Å². The summed E-state index contributed by atoms with van der Waals surface area (Å²) in [5, 5.41) is 9.13. The Hall–Kier alpha value is -1.89. The van der Waals surface area contributed by atoms with Crippen molar-refractivity contribution in [2.45, 2.75) is 33.3 Å². The van der Waals surface area contributed by atoms with Crippen LogP contribution in [0.5, 0.6) is 0 Å². The highest BCUT2D eigenvalue weighted by molar-refractivity contribution is 5.76. The largest absolute Gasteiger partial charge is 0.377 e. The first-order valence-corrected chi connectivity index (χ1v) is 7.30. The third-order valence-corrected chi connectivity index (χ3v) is 2.63. The molecule has 0 fully saturated rings. The summed E-state index contributed by atoms with van der Waals surface area (Å²) in [6.07, 6.45) is 1.43. The van der Waals surface area contributed by atoms with E-state index in [1.54, 1.807) is 7.11 Å². The first-order valence-electron chi connectivity index (χ1n) is 7.30. The summed E-state index contributed by atoms with van der Waals surface area (Å²) in [6.45, 7) is 6.38. The second kappa shape index (κ2) is 9.93. The van der Waals surface area contributed by atoms with Crippen LogP contribution in [0.2, 0.25) is 0 Å². The second-order valence-electron chi connectivity index (χ2n) is 4.54. The molecule has 7 nitrogen and oxygen atoms in total. The van der Waals surface area contributed by atoms with Crippen LogP contribution in [0, 0.1) is 0 Å². The molecule has 0 spiro atoms. The van der Waals surface area contributed by atoms with Crippen LogP contribution in [-0.4, -0.2) is 42.6 Å². The number of methoxy groups -OCH3 is 1. The summed E-state index contributed by atoms with van der Waals surface area (Å²) < 4.78 is 5.07. The van der Waals surface area contributed by atoms with Gasteiger partial charge in [-0.2, -0.15) is 0 Å². The summed E-state index contributed by atoms with van der Waals surface area (Å²) in [5.74, 6) is 2.10. The quantitative estimate of drug-likeness (QED) is 0.604. The standard InChI is InChI=1S/C14H25N5O2/c1-4-7-16-11-9-12(19-13(18-11)10-21-3)17-8-6-14(20)15-5-2/h9H,4-8,10H2,1-3H3,(H,15,20)(H2,16,17,18,19). The lowest BCUT2D eigenvalue weighted by molar-refractivity contribution is -0.120. The lowest BCUT2D eigenvalue weighted by Crippen LogP contribution is -2.25. The maximum Gasteiger partial charge on any atom is 0.221 e.